The van der Waals surface area contributed by atoms with Gasteiger partial charge in [-0.15, -0.1) is 11.3 Å². The molecule has 1 N–H and O–H groups in total. The van der Waals surface area contributed by atoms with E-state index in [1.54, 1.807) is 6.07 Å². The zero-order valence-electron chi connectivity index (χ0n) is 13.2. The van der Waals surface area contributed by atoms with Crippen molar-refractivity contribution in [1.29, 1.82) is 5.26 Å². The zero-order chi connectivity index (χ0) is 17.1. The van der Waals surface area contributed by atoms with E-state index >= 15 is 0 Å². The zero-order valence-corrected chi connectivity index (χ0v) is 14.0. The highest BCUT2D eigenvalue weighted by atomic mass is 32.1. The van der Waals surface area contributed by atoms with Crippen LogP contribution in [-0.2, 0) is 11.2 Å². The quantitative estimate of drug-likeness (QED) is 0.545. The van der Waals surface area contributed by atoms with E-state index in [1.807, 2.05) is 49.5 Å². The topological polar surface area (TPSA) is 73.7 Å². The van der Waals surface area contributed by atoms with Gasteiger partial charge in [0.05, 0.1) is 10.9 Å². The van der Waals surface area contributed by atoms with Gasteiger partial charge in [-0.1, -0.05) is 18.2 Å². The summed E-state index contributed by atoms with van der Waals surface area (Å²) in [4.78, 5) is 29.4. The van der Waals surface area contributed by atoms with Crippen molar-refractivity contribution < 1.29 is 9.59 Å². The Bertz CT molecular complexity index is 946. The number of ketones is 2. The van der Waals surface area contributed by atoms with Crippen LogP contribution in [0.4, 0.5) is 0 Å². The molecule has 0 unspecified atom stereocenters. The summed E-state index contributed by atoms with van der Waals surface area (Å²) in [5.74, 6) is -1.92. The predicted molar refractivity (Wildman–Crippen MR) is 94.1 cm³/mol. The number of hydrogen-bond donors (Lipinski definition) is 1. The monoisotopic (exact) mass is 336 g/mol. The molecule has 3 rings (SSSR count). The fourth-order valence-corrected chi connectivity index (χ4v) is 3.56. The first-order chi connectivity index (χ1) is 11.6. The molecule has 0 radical (unpaired) electrons. The Morgan fingerprint density at radius 1 is 1.25 bits per heavy atom. The summed E-state index contributed by atoms with van der Waals surface area (Å²) in [7, 11) is 0. The molecule has 2 heterocycles. The lowest BCUT2D eigenvalue weighted by molar-refractivity contribution is -0.120. The molecule has 0 fully saturated rings. The van der Waals surface area contributed by atoms with Crippen molar-refractivity contribution in [3.8, 4) is 6.07 Å². The molecule has 0 aliphatic heterocycles. The molecule has 120 valence electrons. The number of aromatic amines is 1. The highest BCUT2D eigenvalue weighted by Gasteiger charge is 2.28. The molecule has 2 aromatic heterocycles. The number of nitriles is 1. The molecule has 0 amide bonds. The van der Waals surface area contributed by atoms with Gasteiger partial charge in [-0.3, -0.25) is 9.59 Å². The third-order valence-corrected chi connectivity index (χ3v) is 5.03. The van der Waals surface area contributed by atoms with Gasteiger partial charge in [0.25, 0.3) is 0 Å². The average Bonchev–Trinajstić information content (AvgIpc) is 3.20. The van der Waals surface area contributed by atoms with E-state index in [2.05, 4.69) is 4.98 Å². The van der Waals surface area contributed by atoms with Crippen molar-refractivity contribution >= 4 is 33.8 Å². The van der Waals surface area contributed by atoms with Crippen LogP contribution >= 0.6 is 11.3 Å². The summed E-state index contributed by atoms with van der Waals surface area (Å²) < 4.78 is 0. The second-order valence-corrected chi connectivity index (χ2v) is 6.95. The molecule has 4 nitrogen and oxygen atoms in total. The summed E-state index contributed by atoms with van der Waals surface area (Å²) in [6.07, 6.45) is 2.57. The van der Waals surface area contributed by atoms with Gasteiger partial charge in [0.2, 0.25) is 0 Å². The number of aromatic nitrogens is 1. The van der Waals surface area contributed by atoms with Gasteiger partial charge in [-0.25, -0.2) is 0 Å². The molecular weight excluding hydrogens is 320 g/mol. The number of aryl methyl sites for hydroxylation is 2. The van der Waals surface area contributed by atoms with Crippen molar-refractivity contribution in [3.63, 3.8) is 0 Å². The molecule has 0 saturated heterocycles. The van der Waals surface area contributed by atoms with Gasteiger partial charge in [0, 0.05) is 28.4 Å². The molecule has 1 atom stereocenters. The van der Waals surface area contributed by atoms with Gasteiger partial charge in [-0.05, 0) is 37.1 Å². The molecule has 0 saturated carbocycles. The Hall–Kier alpha value is -2.71. The van der Waals surface area contributed by atoms with E-state index in [0.717, 1.165) is 21.3 Å². The van der Waals surface area contributed by atoms with Crippen LogP contribution in [0.5, 0.6) is 0 Å². The first-order valence-corrected chi connectivity index (χ1v) is 8.50. The lowest BCUT2D eigenvalue weighted by Crippen LogP contribution is -2.22. The van der Waals surface area contributed by atoms with Gasteiger partial charge < -0.3 is 4.98 Å². The van der Waals surface area contributed by atoms with E-state index in [1.165, 1.54) is 11.3 Å². The minimum atomic E-state index is -1.21. The minimum absolute atomic E-state index is 0.177. The molecular formula is C19H16N2O2S. The number of hydrogen-bond acceptors (Lipinski definition) is 4. The lowest BCUT2D eigenvalue weighted by Gasteiger charge is -2.06. The first-order valence-electron chi connectivity index (χ1n) is 7.68. The maximum absolute atomic E-state index is 12.4. The summed E-state index contributed by atoms with van der Waals surface area (Å²) >= 11 is 1.32. The molecule has 0 bridgehead atoms. The number of nitrogens with one attached hydrogen (secondary N) is 1. The molecule has 1 aromatic carbocycles. The van der Waals surface area contributed by atoms with Crippen LogP contribution in [0, 0.1) is 24.2 Å². The van der Waals surface area contributed by atoms with Crippen LogP contribution in [0.2, 0.25) is 0 Å². The average molecular weight is 336 g/mol. The van der Waals surface area contributed by atoms with Crippen molar-refractivity contribution in [2.75, 3.05) is 0 Å². The van der Waals surface area contributed by atoms with Gasteiger partial charge >= 0.3 is 0 Å². The number of para-hydroxylation sites is 1. The second-order valence-electron chi connectivity index (χ2n) is 5.66. The number of fused-ring (bicyclic) bond motifs is 1. The van der Waals surface area contributed by atoms with E-state index < -0.39 is 5.92 Å². The number of rotatable bonds is 6. The summed E-state index contributed by atoms with van der Waals surface area (Å²) in [5.41, 5.74) is 2.04. The van der Waals surface area contributed by atoms with Crippen LogP contribution in [-0.4, -0.2) is 16.6 Å². The van der Waals surface area contributed by atoms with Crippen LogP contribution in [0.1, 0.15) is 26.5 Å². The van der Waals surface area contributed by atoms with Gasteiger partial charge in [0.15, 0.2) is 17.5 Å². The molecule has 3 aromatic rings. The number of thiophene rings is 1. The van der Waals surface area contributed by atoms with Gasteiger partial charge in [0.1, 0.15) is 0 Å². The molecule has 0 aliphatic rings. The summed E-state index contributed by atoms with van der Waals surface area (Å²) in [6, 6.07) is 13.2. The Balaban J connectivity index is 1.71. The molecule has 0 aliphatic carbocycles. The molecule has 5 heteroatoms. The van der Waals surface area contributed by atoms with Crippen LogP contribution < -0.4 is 0 Å². The van der Waals surface area contributed by atoms with Crippen molar-refractivity contribution in [3.05, 3.63) is 57.9 Å². The molecule has 24 heavy (non-hydrogen) atoms. The van der Waals surface area contributed by atoms with E-state index in [-0.39, 0.29) is 18.0 Å². The number of carbonyl (C=O) groups excluding carboxylic acids is 2. The van der Waals surface area contributed by atoms with Crippen molar-refractivity contribution in [2.24, 2.45) is 5.92 Å². The summed E-state index contributed by atoms with van der Waals surface area (Å²) in [5, 5.41) is 10.3. The Kier molecular flexibility index (Phi) is 4.59. The third kappa shape index (κ3) is 3.15. The second kappa shape index (κ2) is 6.81. The van der Waals surface area contributed by atoms with Crippen LogP contribution in [0.25, 0.3) is 10.9 Å². The maximum Gasteiger partial charge on any atom is 0.197 e. The number of H-pyrrole nitrogens is 1. The predicted octanol–water partition coefficient (Wildman–Crippen LogP) is 4.06. The SMILES string of the molecule is Cc1ccc(C(=O)[C@H](C#N)C(=O)CCc2c[nH]c3ccccc23)s1. The van der Waals surface area contributed by atoms with Crippen molar-refractivity contribution in [1.82, 2.24) is 4.98 Å². The smallest absolute Gasteiger partial charge is 0.197 e. The first kappa shape index (κ1) is 16.2. The van der Waals surface area contributed by atoms with Crippen molar-refractivity contribution in [2.45, 2.75) is 19.8 Å². The fraction of sp³-hybridized carbons (Fsp3) is 0.211. The minimum Gasteiger partial charge on any atom is -0.361 e. The highest BCUT2D eigenvalue weighted by Crippen LogP contribution is 2.22. The number of Topliss-reactive ketones (excluding diaryl/α,β-unsaturated/α-hetero) is 2. The molecule has 0 spiro atoms. The summed E-state index contributed by atoms with van der Waals surface area (Å²) in [6.45, 7) is 1.89. The lowest BCUT2D eigenvalue weighted by atomic mass is 9.94. The van der Waals surface area contributed by atoms with Crippen LogP contribution in [0.15, 0.2) is 42.6 Å². The number of carbonyl (C=O) groups is 2. The van der Waals surface area contributed by atoms with E-state index in [0.29, 0.717) is 11.3 Å². The van der Waals surface area contributed by atoms with E-state index in [9.17, 15) is 14.9 Å². The standard InChI is InChI=1S/C19H16N2O2S/c1-12-6-9-18(24-12)19(23)15(10-20)17(22)8-7-13-11-21-16-5-3-2-4-14(13)16/h2-6,9,11,15,21H,7-8H2,1H3/t15-/m1/s1. The Morgan fingerprint density at radius 2 is 2.04 bits per heavy atom. The normalized spacial score (nSPS) is 12.0. The number of benzene rings is 1. The van der Waals surface area contributed by atoms with E-state index in [4.69, 9.17) is 0 Å². The Labute approximate surface area is 143 Å². The Morgan fingerprint density at radius 3 is 2.75 bits per heavy atom. The maximum atomic E-state index is 12.4. The largest absolute Gasteiger partial charge is 0.361 e. The number of nitrogens with zero attached hydrogens (tertiary/aromatic N) is 1. The highest BCUT2D eigenvalue weighted by molar-refractivity contribution is 7.14. The van der Waals surface area contributed by atoms with Crippen LogP contribution in [0.3, 0.4) is 0 Å². The fourth-order valence-electron chi connectivity index (χ4n) is 2.73. The van der Waals surface area contributed by atoms with Gasteiger partial charge in [-0.2, -0.15) is 5.26 Å². The third-order valence-electron chi connectivity index (χ3n) is 4.01.